The lowest BCUT2D eigenvalue weighted by Gasteiger charge is -2.27. The molecule has 1 fully saturated rings. The number of primary amides is 1. The van der Waals surface area contributed by atoms with Gasteiger partial charge in [0.05, 0.1) is 0 Å². The van der Waals surface area contributed by atoms with Crippen LogP contribution in [-0.2, 0) is 6.54 Å². The fourth-order valence-electron chi connectivity index (χ4n) is 3.02. The van der Waals surface area contributed by atoms with Crippen LogP contribution in [0, 0.1) is 5.92 Å². The highest BCUT2D eigenvalue weighted by Crippen LogP contribution is 2.20. The Kier molecular flexibility index (Phi) is 7.00. The Labute approximate surface area is 166 Å². The molecule has 0 saturated carbocycles. The van der Waals surface area contributed by atoms with Crippen molar-refractivity contribution in [3.63, 3.8) is 0 Å². The largest absolute Gasteiger partial charge is 0.490 e. The summed E-state index contributed by atoms with van der Waals surface area (Å²) in [5, 5.41) is 6.80. The van der Waals surface area contributed by atoms with Crippen molar-refractivity contribution < 1.29 is 9.53 Å². The molecule has 3 rings (SSSR count). The predicted octanol–water partition coefficient (Wildman–Crippen LogP) is 2.83. The number of carbonyl (C=O) groups excluding carboxylic acids is 1. The molecule has 0 radical (unpaired) electrons. The summed E-state index contributed by atoms with van der Waals surface area (Å²) in [7, 11) is 0. The van der Waals surface area contributed by atoms with Gasteiger partial charge in [0.2, 0.25) is 5.91 Å². The summed E-state index contributed by atoms with van der Waals surface area (Å²) in [4.78, 5) is 11.4. The standard InChI is InChI=1S/C23H27N3O2/c1-2-8-28-22-11-18(7-6-17-4-3-5-21(10-17)23(24)27)9-19(12-22)13-25-14-20-15-26-16-20/h2-7,9-12,20,25-26H,1,8,13-16H2,(H2,24,27)/b7-6+. The van der Waals surface area contributed by atoms with Gasteiger partial charge in [-0.1, -0.05) is 43.0 Å². The molecule has 0 aromatic heterocycles. The van der Waals surface area contributed by atoms with Crippen LogP contribution in [-0.4, -0.2) is 32.1 Å². The zero-order valence-corrected chi connectivity index (χ0v) is 16.0. The van der Waals surface area contributed by atoms with E-state index in [2.05, 4.69) is 29.3 Å². The molecule has 0 unspecified atom stereocenters. The Morgan fingerprint density at radius 2 is 2.04 bits per heavy atom. The summed E-state index contributed by atoms with van der Waals surface area (Å²) < 4.78 is 5.75. The number of amides is 1. The van der Waals surface area contributed by atoms with Crippen LogP contribution in [0.5, 0.6) is 5.75 Å². The second-order valence-corrected chi connectivity index (χ2v) is 6.99. The summed E-state index contributed by atoms with van der Waals surface area (Å²) in [6.45, 7) is 8.16. The quantitative estimate of drug-likeness (QED) is 0.440. The Morgan fingerprint density at radius 3 is 2.75 bits per heavy atom. The minimum absolute atomic E-state index is 0.426. The van der Waals surface area contributed by atoms with Crippen LogP contribution in [0.4, 0.5) is 0 Å². The number of nitrogens with two attached hydrogens (primary N) is 1. The van der Waals surface area contributed by atoms with E-state index in [0.717, 1.165) is 49.0 Å². The predicted molar refractivity (Wildman–Crippen MR) is 114 cm³/mol. The third kappa shape index (κ3) is 5.81. The highest BCUT2D eigenvalue weighted by molar-refractivity contribution is 5.93. The van der Waals surface area contributed by atoms with E-state index in [4.69, 9.17) is 10.5 Å². The van der Waals surface area contributed by atoms with Gasteiger partial charge in [0.1, 0.15) is 12.4 Å². The van der Waals surface area contributed by atoms with Gasteiger partial charge in [-0.05, 0) is 46.9 Å². The van der Waals surface area contributed by atoms with Crippen molar-refractivity contribution in [2.24, 2.45) is 11.7 Å². The molecule has 2 aromatic carbocycles. The zero-order valence-electron chi connectivity index (χ0n) is 16.0. The number of ether oxygens (including phenoxy) is 1. The number of hydrogen-bond acceptors (Lipinski definition) is 4. The monoisotopic (exact) mass is 377 g/mol. The molecule has 0 aliphatic carbocycles. The van der Waals surface area contributed by atoms with E-state index in [1.165, 1.54) is 5.56 Å². The molecule has 0 spiro atoms. The van der Waals surface area contributed by atoms with Crippen LogP contribution >= 0.6 is 0 Å². The molecular formula is C23H27N3O2. The number of nitrogens with one attached hydrogen (secondary N) is 2. The van der Waals surface area contributed by atoms with Crippen LogP contribution in [0.2, 0.25) is 0 Å². The fourth-order valence-corrected chi connectivity index (χ4v) is 3.02. The first-order valence-electron chi connectivity index (χ1n) is 9.51. The van der Waals surface area contributed by atoms with Crippen LogP contribution in [0.15, 0.2) is 55.1 Å². The lowest BCUT2D eigenvalue weighted by Crippen LogP contribution is -2.47. The van der Waals surface area contributed by atoms with E-state index in [1.54, 1.807) is 18.2 Å². The molecule has 1 aliphatic heterocycles. The van der Waals surface area contributed by atoms with Crippen molar-refractivity contribution in [2.45, 2.75) is 6.54 Å². The summed E-state index contributed by atoms with van der Waals surface area (Å²) in [5.74, 6) is 1.11. The Bertz CT molecular complexity index is 857. The normalized spacial score (nSPS) is 14.0. The van der Waals surface area contributed by atoms with Gasteiger partial charge >= 0.3 is 0 Å². The molecule has 5 heteroatoms. The molecule has 4 N–H and O–H groups in total. The fraction of sp³-hybridized carbons (Fsp3) is 0.261. The first-order chi connectivity index (χ1) is 13.6. The summed E-state index contributed by atoms with van der Waals surface area (Å²) in [5.41, 5.74) is 8.98. The Morgan fingerprint density at radius 1 is 1.21 bits per heavy atom. The average molecular weight is 377 g/mol. The van der Waals surface area contributed by atoms with Crippen LogP contribution in [0.3, 0.4) is 0 Å². The molecule has 1 aliphatic rings. The van der Waals surface area contributed by atoms with Gasteiger partial charge in [-0.15, -0.1) is 0 Å². The second-order valence-electron chi connectivity index (χ2n) is 6.99. The number of hydrogen-bond donors (Lipinski definition) is 3. The van der Waals surface area contributed by atoms with Gasteiger partial charge in [-0.2, -0.15) is 0 Å². The van der Waals surface area contributed by atoms with Crippen molar-refractivity contribution in [3.05, 3.63) is 77.4 Å². The van der Waals surface area contributed by atoms with Gasteiger partial charge in [0, 0.05) is 31.7 Å². The molecule has 5 nitrogen and oxygen atoms in total. The first kappa shape index (κ1) is 19.9. The molecule has 0 atom stereocenters. The Balaban J connectivity index is 1.73. The van der Waals surface area contributed by atoms with E-state index in [1.807, 2.05) is 30.4 Å². The van der Waals surface area contributed by atoms with E-state index >= 15 is 0 Å². The van der Waals surface area contributed by atoms with E-state index in [0.29, 0.717) is 12.2 Å². The van der Waals surface area contributed by atoms with Crippen LogP contribution < -0.4 is 21.1 Å². The molecular weight excluding hydrogens is 350 g/mol. The maximum absolute atomic E-state index is 11.4. The summed E-state index contributed by atoms with van der Waals surface area (Å²) in [6.07, 6.45) is 5.72. The second kappa shape index (κ2) is 9.88. The highest BCUT2D eigenvalue weighted by atomic mass is 16.5. The highest BCUT2D eigenvalue weighted by Gasteiger charge is 2.15. The van der Waals surface area contributed by atoms with Gasteiger partial charge < -0.3 is 21.1 Å². The van der Waals surface area contributed by atoms with Gasteiger partial charge in [-0.3, -0.25) is 4.79 Å². The van der Waals surface area contributed by atoms with Crippen molar-refractivity contribution in [1.29, 1.82) is 0 Å². The molecule has 1 heterocycles. The molecule has 1 amide bonds. The van der Waals surface area contributed by atoms with Crippen molar-refractivity contribution in [3.8, 4) is 5.75 Å². The minimum Gasteiger partial charge on any atom is -0.490 e. The van der Waals surface area contributed by atoms with E-state index in [-0.39, 0.29) is 0 Å². The van der Waals surface area contributed by atoms with Gasteiger partial charge in [0.25, 0.3) is 0 Å². The zero-order chi connectivity index (χ0) is 19.8. The number of rotatable bonds is 10. The minimum atomic E-state index is -0.426. The third-order valence-electron chi connectivity index (χ3n) is 4.62. The molecule has 146 valence electrons. The van der Waals surface area contributed by atoms with E-state index in [9.17, 15) is 4.79 Å². The number of benzene rings is 2. The van der Waals surface area contributed by atoms with E-state index < -0.39 is 5.91 Å². The maximum Gasteiger partial charge on any atom is 0.248 e. The molecule has 1 saturated heterocycles. The van der Waals surface area contributed by atoms with Crippen molar-refractivity contribution in [1.82, 2.24) is 10.6 Å². The Hall–Kier alpha value is -2.89. The van der Waals surface area contributed by atoms with Crippen LogP contribution in [0.25, 0.3) is 12.2 Å². The van der Waals surface area contributed by atoms with Gasteiger partial charge in [0.15, 0.2) is 0 Å². The molecule has 2 aromatic rings. The molecule has 0 bridgehead atoms. The maximum atomic E-state index is 11.4. The number of carbonyl (C=O) groups is 1. The van der Waals surface area contributed by atoms with Gasteiger partial charge in [-0.25, -0.2) is 0 Å². The van der Waals surface area contributed by atoms with Crippen LogP contribution in [0.1, 0.15) is 27.0 Å². The third-order valence-corrected chi connectivity index (χ3v) is 4.62. The topological polar surface area (TPSA) is 76.4 Å². The lowest BCUT2D eigenvalue weighted by atomic mass is 10.0. The SMILES string of the molecule is C=CCOc1cc(/C=C/c2cccc(C(N)=O)c2)cc(CNCC2CNC2)c1. The summed E-state index contributed by atoms with van der Waals surface area (Å²) >= 11 is 0. The first-order valence-corrected chi connectivity index (χ1v) is 9.51. The average Bonchev–Trinajstić information content (AvgIpc) is 2.67. The summed E-state index contributed by atoms with van der Waals surface area (Å²) in [6, 6.07) is 13.5. The smallest absolute Gasteiger partial charge is 0.248 e. The van der Waals surface area contributed by atoms with Crippen molar-refractivity contribution >= 4 is 18.1 Å². The van der Waals surface area contributed by atoms with Crippen molar-refractivity contribution in [2.75, 3.05) is 26.2 Å². The lowest BCUT2D eigenvalue weighted by molar-refractivity contribution is 0.100. The molecule has 28 heavy (non-hydrogen) atoms.